The van der Waals surface area contributed by atoms with E-state index in [4.69, 9.17) is 11.5 Å². The van der Waals surface area contributed by atoms with Crippen LogP contribution in [0.4, 0.5) is 11.4 Å². The third kappa shape index (κ3) is 18.3. The Labute approximate surface area is 338 Å². The highest BCUT2D eigenvalue weighted by Gasteiger charge is 2.08. The topological polar surface area (TPSA) is 52.0 Å². The van der Waals surface area contributed by atoms with Gasteiger partial charge in [0.05, 0.1) is 0 Å². The molecular formula is C53H78N2. The van der Waals surface area contributed by atoms with Crippen molar-refractivity contribution in [2.45, 2.75) is 187 Å². The number of anilines is 2. The van der Waals surface area contributed by atoms with Crippen LogP contribution in [-0.2, 0) is 38.5 Å². The van der Waals surface area contributed by atoms with Crippen molar-refractivity contribution in [1.29, 1.82) is 0 Å². The lowest BCUT2D eigenvalue weighted by molar-refractivity contribution is 0.525. The minimum atomic E-state index is 0.844. The fraction of sp³-hybridized carbons (Fsp3) is 0.547. The third-order valence-corrected chi connectivity index (χ3v) is 11.8. The van der Waals surface area contributed by atoms with Crippen molar-refractivity contribution in [3.63, 3.8) is 0 Å². The second-order valence-electron chi connectivity index (χ2n) is 16.8. The molecule has 300 valence electrons. The van der Waals surface area contributed by atoms with Gasteiger partial charge in [-0.2, -0.15) is 0 Å². The van der Waals surface area contributed by atoms with E-state index >= 15 is 0 Å². The van der Waals surface area contributed by atoms with Gasteiger partial charge in [0.15, 0.2) is 0 Å². The Kier molecular flexibility index (Phi) is 21.8. The molecule has 0 aliphatic carbocycles. The number of rotatable bonds is 30. The predicted octanol–water partition coefficient (Wildman–Crippen LogP) is 15.1. The zero-order valence-corrected chi connectivity index (χ0v) is 35.3. The molecule has 0 fully saturated rings. The molecule has 0 atom stereocenters. The van der Waals surface area contributed by atoms with E-state index in [9.17, 15) is 0 Å². The summed E-state index contributed by atoms with van der Waals surface area (Å²) in [5, 5.41) is 0. The van der Waals surface area contributed by atoms with E-state index in [1.807, 2.05) is 24.3 Å². The molecule has 0 saturated heterocycles. The number of hydrogen-bond acceptors (Lipinski definition) is 2. The van der Waals surface area contributed by atoms with Gasteiger partial charge in [0.2, 0.25) is 0 Å². The second kappa shape index (κ2) is 27.1. The first-order valence-electron chi connectivity index (χ1n) is 22.9. The van der Waals surface area contributed by atoms with Crippen LogP contribution in [0.15, 0.2) is 84.9 Å². The first kappa shape index (κ1) is 44.2. The largest absolute Gasteiger partial charge is 0.399 e. The highest BCUT2D eigenvalue weighted by atomic mass is 14.5. The third-order valence-electron chi connectivity index (χ3n) is 11.8. The molecule has 55 heavy (non-hydrogen) atoms. The molecule has 4 rings (SSSR count). The molecular weight excluding hydrogens is 665 g/mol. The normalized spacial score (nSPS) is 11.4. The van der Waals surface area contributed by atoms with Crippen molar-refractivity contribution in [3.05, 3.63) is 129 Å². The first-order chi connectivity index (χ1) is 27.0. The Hall–Kier alpha value is -3.52. The molecule has 0 radical (unpaired) electrons. The van der Waals surface area contributed by atoms with Gasteiger partial charge in [0.1, 0.15) is 0 Å². The van der Waals surface area contributed by atoms with Gasteiger partial charge in [-0.25, -0.2) is 0 Å². The number of nitrogens with two attached hydrogens (primary N) is 2. The Morgan fingerprint density at radius 2 is 0.582 bits per heavy atom. The van der Waals surface area contributed by atoms with Gasteiger partial charge in [-0.1, -0.05) is 184 Å². The summed E-state index contributed by atoms with van der Waals surface area (Å²) in [5.41, 5.74) is 25.3. The van der Waals surface area contributed by atoms with E-state index in [1.165, 1.54) is 194 Å². The summed E-state index contributed by atoms with van der Waals surface area (Å²) in [5.74, 6) is 0. The van der Waals surface area contributed by atoms with Crippen molar-refractivity contribution in [3.8, 4) is 0 Å². The lowest BCUT2D eigenvalue weighted by Crippen LogP contribution is -1.99. The molecule has 0 amide bonds. The number of aryl methyl sites for hydroxylation is 4. The monoisotopic (exact) mass is 743 g/mol. The van der Waals surface area contributed by atoms with E-state index in [1.54, 1.807) is 11.1 Å². The molecule has 0 aliphatic heterocycles. The maximum Gasteiger partial charge on any atom is 0.0314 e. The van der Waals surface area contributed by atoms with E-state index in [-0.39, 0.29) is 0 Å². The van der Waals surface area contributed by atoms with Crippen LogP contribution in [0.3, 0.4) is 0 Å². The van der Waals surface area contributed by atoms with Gasteiger partial charge in [0, 0.05) is 11.4 Å². The summed E-state index contributed by atoms with van der Waals surface area (Å²) >= 11 is 0. The Morgan fingerprint density at radius 1 is 0.291 bits per heavy atom. The summed E-state index contributed by atoms with van der Waals surface area (Å²) in [6, 6.07) is 31.4. The van der Waals surface area contributed by atoms with Crippen LogP contribution in [0.5, 0.6) is 0 Å². The van der Waals surface area contributed by atoms with Gasteiger partial charge in [-0.3, -0.25) is 0 Å². The molecule has 0 saturated carbocycles. The molecule has 2 nitrogen and oxygen atoms in total. The molecule has 4 aromatic carbocycles. The van der Waals surface area contributed by atoms with Crippen LogP contribution in [-0.4, -0.2) is 0 Å². The van der Waals surface area contributed by atoms with Crippen molar-refractivity contribution >= 4 is 11.4 Å². The Bertz CT molecular complexity index is 1450. The minimum Gasteiger partial charge on any atom is -0.399 e. The zero-order valence-electron chi connectivity index (χ0n) is 35.3. The standard InChI is InChI=1S/C53H78N2/c1-3-5-26-48-40-44(28-34-50(48)42-46-30-36-52(54)37-31-46)24-22-20-18-16-14-12-10-8-7-9-11-13-15-17-19-21-23-25-45-29-35-51(49(41-45)27-6-4-2)43-47-32-38-53(55)39-33-47/h28-41H,3-27,42-43,54-55H2,1-2H3. The summed E-state index contributed by atoms with van der Waals surface area (Å²) in [6.45, 7) is 4.59. The zero-order chi connectivity index (χ0) is 38.8. The van der Waals surface area contributed by atoms with E-state index < -0.39 is 0 Å². The smallest absolute Gasteiger partial charge is 0.0314 e. The summed E-state index contributed by atoms with van der Waals surface area (Å²) < 4.78 is 0. The first-order valence-corrected chi connectivity index (χ1v) is 22.9. The van der Waals surface area contributed by atoms with Crippen molar-refractivity contribution < 1.29 is 0 Å². The fourth-order valence-electron chi connectivity index (χ4n) is 8.24. The van der Waals surface area contributed by atoms with Crippen LogP contribution < -0.4 is 11.5 Å². The highest BCUT2D eigenvalue weighted by Crippen LogP contribution is 2.23. The molecule has 0 bridgehead atoms. The maximum atomic E-state index is 5.91. The number of nitrogen functional groups attached to an aromatic ring is 2. The lowest BCUT2D eigenvalue weighted by atomic mass is 9.93. The Morgan fingerprint density at radius 3 is 0.891 bits per heavy atom. The minimum absolute atomic E-state index is 0.844. The van der Waals surface area contributed by atoms with Gasteiger partial charge in [-0.15, -0.1) is 0 Å². The second-order valence-corrected chi connectivity index (χ2v) is 16.8. The quantitative estimate of drug-likeness (QED) is 0.0413. The summed E-state index contributed by atoms with van der Waals surface area (Å²) in [4.78, 5) is 0. The van der Waals surface area contributed by atoms with Crippen molar-refractivity contribution in [2.75, 3.05) is 11.5 Å². The molecule has 4 N–H and O–H groups in total. The van der Waals surface area contributed by atoms with E-state index in [2.05, 4.69) is 74.5 Å². The lowest BCUT2D eigenvalue weighted by Gasteiger charge is -2.13. The predicted molar refractivity (Wildman–Crippen MR) is 243 cm³/mol. The van der Waals surface area contributed by atoms with Gasteiger partial charge >= 0.3 is 0 Å². The van der Waals surface area contributed by atoms with Gasteiger partial charge in [0.25, 0.3) is 0 Å². The molecule has 2 heteroatoms. The van der Waals surface area contributed by atoms with E-state index in [0.717, 1.165) is 24.2 Å². The van der Waals surface area contributed by atoms with Gasteiger partial charge < -0.3 is 11.5 Å². The van der Waals surface area contributed by atoms with Crippen molar-refractivity contribution in [2.24, 2.45) is 0 Å². The number of hydrogen-bond donors (Lipinski definition) is 2. The van der Waals surface area contributed by atoms with Crippen LogP contribution in [0.25, 0.3) is 0 Å². The number of unbranched alkanes of at least 4 members (excludes halogenated alkanes) is 18. The van der Waals surface area contributed by atoms with E-state index in [0.29, 0.717) is 0 Å². The molecule has 0 spiro atoms. The average Bonchev–Trinajstić information content (AvgIpc) is 3.20. The van der Waals surface area contributed by atoms with Crippen LogP contribution >= 0.6 is 0 Å². The summed E-state index contributed by atoms with van der Waals surface area (Å²) in [6.07, 6.45) is 35.8. The highest BCUT2D eigenvalue weighted by molar-refractivity contribution is 5.43. The van der Waals surface area contributed by atoms with Crippen LogP contribution in [0.1, 0.15) is 193 Å². The summed E-state index contributed by atoms with van der Waals surface area (Å²) in [7, 11) is 0. The maximum absolute atomic E-state index is 5.91. The molecule has 0 unspecified atom stereocenters. The molecule has 0 aliphatic rings. The molecule has 0 aromatic heterocycles. The SMILES string of the molecule is CCCCc1cc(CCCCCCCCCCCCCCCCCCCc2ccc(Cc3ccc(N)cc3)c(CCCC)c2)ccc1Cc1ccc(N)cc1. The van der Waals surface area contributed by atoms with Crippen LogP contribution in [0.2, 0.25) is 0 Å². The van der Waals surface area contributed by atoms with Crippen LogP contribution in [0, 0.1) is 0 Å². The van der Waals surface area contributed by atoms with Crippen molar-refractivity contribution in [1.82, 2.24) is 0 Å². The molecule has 0 heterocycles. The van der Waals surface area contributed by atoms with Gasteiger partial charge in [-0.05, 0) is 133 Å². The number of benzene rings is 4. The molecule has 4 aromatic rings. The Balaban J connectivity index is 0.947. The average molecular weight is 743 g/mol. The fourth-order valence-corrected chi connectivity index (χ4v) is 8.24.